The molecule has 1 unspecified atom stereocenters. The number of aryl methyl sites for hydroxylation is 1. The summed E-state index contributed by atoms with van der Waals surface area (Å²) in [7, 11) is -3.60. The lowest BCUT2D eigenvalue weighted by atomic mass is 9.87. The zero-order chi connectivity index (χ0) is 18.2. The fraction of sp³-hybridized carbons (Fsp3) is 0.400. The molecule has 1 heterocycles. The van der Waals surface area contributed by atoms with E-state index in [0.29, 0.717) is 22.1 Å². The molecule has 0 radical (unpaired) electrons. The minimum atomic E-state index is -3.60. The SMILES string of the molecule is Cc1ccccc1S(=O)(=O)c1ccc(OCC2CO2)cc1C(C)(C)C. The molecule has 0 bridgehead atoms. The third-order valence-corrected chi connectivity index (χ3v) is 6.24. The van der Waals surface area contributed by atoms with Crippen LogP contribution in [-0.4, -0.2) is 27.7 Å². The molecule has 1 saturated heterocycles. The van der Waals surface area contributed by atoms with Gasteiger partial charge in [0.05, 0.1) is 16.4 Å². The van der Waals surface area contributed by atoms with Gasteiger partial charge in [-0.05, 0) is 47.7 Å². The van der Waals surface area contributed by atoms with Gasteiger partial charge in [-0.15, -0.1) is 0 Å². The van der Waals surface area contributed by atoms with E-state index < -0.39 is 9.84 Å². The van der Waals surface area contributed by atoms with Crippen molar-refractivity contribution >= 4 is 9.84 Å². The Kier molecular flexibility index (Phi) is 4.64. The third kappa shape index (κ3) is 3.88. The molecular formula is C20H24O4S. The third-order valence-electron chi connectivity index (χ3n) is 4.27. The monoisotopic (exact) mass is 360 g/mol. The van der Waals surface area contributed by atoms with Crippen LogP contribution in [0.3, 0.4) is 0 Å². The van der Waals surface area contributed by atoms with E-state index in [0.717, 1.165) is 17.7 Å². The predicted octanol–water partition coefficient (Wildman–Crippen LogP) is 3.90. The number of ether oxygens (including phenoxy) is 2. The number of epoxide rings is 1. The minimum absolute atomic E-state index is 0.161. The molecule has 2 aromatic carbocycles. The van der Waals surface area contributed by atoms with Crippen molar-refractivity contribution in [3.8, 4) is 5.75 Å². The first-order chi connectivity index (χ1) is 11.7. The number of hydrogen-bond acceptors (Lipinski definition) is 4. The smallest absolute Gasteiger partial charge is 0.207 e. The van der Waals surface area contributed by atoms with Crippen molar-refractivity contribution in [3.63, 3.8) is 0 Å². The van der Waals surface area contributed by atoms with E-state index in [2.05, 4.69) is 0 Å². The summed E-state index contributed by atoms with van der Waals surface area (Å²) in [5.74, 6) is 0.671. The normalized spacial score (nSPS) is 17.4. The number of rotatable bonds is 5. The summed E-state index contributed by atoms with van der Waals surface area (Å²) in [4.78, 5) is 0.685. The van der Waals surface area contributed by atoms with E-state index in [1.54, 1.807) is 24.3 Å². The van der Waals surface area contributed by atoms with Gasteiger partial charge in [-0.3, -0.25) is 0 Å². The Morgan fingerprint density at radius 2 is 1.80 bits per heavy atom. The van der Waals surface area contributed by atoms with Gasteiger partial charge in [-0.25, -0.2) is 8.42 Å². The van der Waals surface area contributed by atoms with E-state index >= 15 is 0 Å². The van der Waals surface area contributed by atoms with Crippen LogP contribution in [0.2, 0.25) is 0 Å². The summed E-state index contributed by atoms with van der Waals surface area (Å²) < 4.78 is 37.4. The average Bonchev–Trinajstić information content (AvgIpc) is 3.36. The molecule has 0 spiro atoms. The highest BCUT2D eigenvalue weighted by molar-refractivity contribution is 7.91. The zero-order valence-corrected chi connectivity index (χ0v) is 15.9. The van der Waals surface area contributed by atoms with Crippen LogP contribution >= 0.6 is 0 Å². The molecule has 0 saturated carbocycles. The van der Waals surface area contributed by atoms with Crippen LogP contribution in [0.5, 0.6) is 5.75 Å². The molecule has 1 fully saturated rings. The fourth-order valence-corrected chi connectivity index (χ4v) is 4.64. The Hall–Kier alpha value is -1.85. The van der Waals surface area contributed by atoms with Gasteiger partial charge >= 0.3 is 0 Å². The van der Waals surface area contributed by atoms with E-state index in [4.69, 9.17) is 9.47 Å². The average molecular weight is 360 g/mol. The van der Waals surface area contributed by atoms with Crippen molar-refractivity contribution < 1.29 is 17.9 Å². The molecule has 2 aromatic rings. The summed E-state index contributed by atoms with van der Waals surface area (Å²) >= 11 is 0. The first kappa shape index (κ1) is 18.0. The summed E-state index contributed by atoms with van der Waals surface area (Å²) in [6.07, 6.45) is 0.161. The van der Waals surface area contributed by atoms with Crippen LogP contribution in [0.25, 0.3) is 0 Å². The van der Waals surface area contributed by atoms with Gasteiger partial charge in [-0.1, -0.05) is 39.0 Å². The first-order valence-electron chi connectivity index (χ1n) is 8.39. The largest absolute Gasteiger partial charge is 0.491 e. The summed E-state index contributed by atoms with van der Waals surface area (Å²) in [5, 5.41) is 0. The molecule has 1 aliphatic heterocycles. The van der Waals surface area contributed by atoms with Crippen LogP contribution < -0.4 is 4.74 Å². The minimum Gasteiger partial charge on any atom is -0.491 e. The Morgan fingerprint density at radius 3 is 2.40 bits per heavy atom. The van der Waals surface area contributed by atoms with Gasteiger partial charge in [0.2, 0.25) is 9.84 Å². The van der Waals surface area contributed by atoms with E-state index in [1.807, 2.05) is 45.9 Å². The molecule has 0 aliphatic carbocycles. The van der Waals surface area contributed by atoms with Crippen LogP contribution in [0, 0.1) is 6.92 Å². The lowest BCUT2D eigenvalue weighted by Crippen LogP contribution is -2.18. The number of benzene rings is 2. The van der Waals surface area contributed by atoms with E-state index in [1.165, 1.54) is 0 Å². The summed E-state index contributed by atoms with van der Waals surface area (Å²) in [5.41, 5.74) is 1.17. The van der Waals surface area contributed by atoms with Gasteiger partial charge in [-0.2, -0.15) is 0 Å². The van der Waals surface area contributed by atoms with Gasteiger partial charge in [0, 0.05) is 0 Å². The maximum atomic E-state index is 13.2. The Balaban J connectivity index is 2.06. The Morgan fingerprint density at radius 1 is 1.12 bits per heavy atom. The predicted molar refractivity (Wildman–Crippen MR) is 97.0 cm³/mol. The Labute approximate surface area is 149 Å². The van der Waals surface area contributed by atoms with Gasteiger partial charge in [0.1, 0.15) is 18.5 Å². The van der Waals surface area contributed by atoms with Crippen LogP contribution in [0.1, 0.15) is 31.9 Å². The topological polar surface area (TPSA) is 55.9 Å². The summed E-state index contributed by atoms with van der Waals surface area (Å²) in [6.45, 7) is 9.06. The van der Waals surface area contributed by atoms with Crippen molar-refractivity contribution in [2.24, 2.45) is 0 Å². The van der Waals surface area contributed by atoms with Crippen molar-refractivity contribution in [1.82, 2.24) is 0 Å². The molecule has 1 aliphatic rings. The molecular weight excluding hydrogens is 336 g/mol. The van der Waals surface area contributed by atoms with Crippen molar-refractivity contribution in [2.75, 3.05) is 13.2 Å². The molecule has 134 valence electrons. The van der Waals surface area contributed by atoms with Crippen molar-refractivity contribution in [3.05, 3.63) is 53.6 Å². The molecule has 0 amide bonds. The van der Waals surface area contributed by atoms with Crippen LogP contribution in [0.15, 0.2) is 52.3 Å². The van der Waals surface area contributed by atoms with E-state index in [-0.39, 0.29) is 11.5 Å². The second kappa shape index (κ2) is 6.46. The van der Waals surface area contributed by atoms with Gasteiger partial charge in [0.15, 0.2) is 0 Å². The maximum Gasteiger partial charge on any atom is 0.207 e. The first-order valence-corrected chi connectivity index (χ1v) is 9.87. The van der Waals surface area contributed by atoms with Crippen molar-refractivity contribution in [1.29, 1.82) is 0 Å². The molecule has 25 heavy (non-hydrogen) atoms. The maximum absolute atomic E-state index is 13.2. The lowest BCUT2D eigenvalue weighted by Gasteiger charge is -2.24. The van der Waals surface area contributed by atoms with Crippen LogP contribution in [-0.2, 0) is 20.0 Å². The quantitative estimate of drug-likeness (QED) is 0.759. The molecule has 4 nitrogen and oxygen atoms in total. The molecule has 0 N–H and O–H groups in total. The highest BCUT2D eigenvalue weighted by atomic mass is 32.2. The van der Waals surface area contributed by atoms with Gasteiger partial charge in [0.25, 0.3) is 0 Å². The van der Waals surface area contributed by atoms with Gasteiger partial charge < -0.3 is 9.47 Å². The zero-order valence-electron chi connectivity index (χ0n) is 15.1. The highest BCUT2D eigenvalue weighted by Gasteiger charge is 2.29. The van der Waals surface area contributed by atoms with Crippen molar-refractivity contribution in [2.45, 2.75) is 49.0 Å². The van der Waals surface area contributed by atoms with Crippen LogP contribution in [0.4, 0.5) is 0 Å². The molecule has 0 aromatic heterocycles. The fourth-order valence-electron chi connectivity index (χ4n) is 2.75. The lowest BCUT2D eigenvalue weighted by molar-refractivity contribution is 0.262. The van der Waals surface area contributed by atoms with E-state index in [9.17, 15) is 8.42 Å². The number of hydrogen-bond donors (Lipinski definition) is 0. The Bertz CT molecular complexity index is 875. The molecule has 1 atom stereocenters. The second-order valence-electron chi connectivity index (χ2n) is 7.44. The standard InChI is InChI=1S/C20H24O4S/c1-14-7-5-6-8-18(14)25(21,22)19-10-9-15(23-12-16-13-24-16)11-17(19)20(2,3)4/h5-11,16H,12-13H2,1-4H3. The molecule has 3 rings (SSSR count). The number of sulfone groups is 1. The second-order valence-corrected chi connectivity index (χ2v) is 9.33. The highest BCUT2D eigenvalue weighted by Crippen LogP contribution is 2.36. The molecule has 5 heteroatoms. The summed E-state index contributed by atoms with van der Waals surface area (Å²) in [6, 6.07) is 12.3.